The highest BCUT2D eigenvalue weighted by Crippen LogP contribution is 2.43. The molecule has 1 unspecified atom stereocenters. The van der Waals surface area contributed by atoms with Gasteiger partial charge >= 0.3 is 5.97 Å². The smallest absolute Gasteiger partial charge is 0.338 e. The number of allylic oxidation sites excluding steroid dienone is 2. The third kappa shape index (κ3) is 4.25. The third-order valence-electron chi connectivity index (χ3n) is 4.57. The zero-order chi connectivity index (χ0) is 20.8. The Hall–Kier alpha value is -3.72. The second-order valence-electron chi connectivity index (χ2n) is 6.43. The molecule has 3 rings (SSSR count). The van der Waals surface area contributed by atoms with Crippen LogP contribution in [0, 0.1) is 11.3 Å². The van der Waals surface area contributed by atoms with Crippen LogP contribution in [0.1, 0.15) is 30.9 Å². The van der Waals surface area contributed by atoms with E-state index in [1.54, 1.807) is 19.9 Å². The van der Waals surface area contributed by atoms with Crippen LogP contribution in [0.2, 0.25) is 0 Å². The lowest BCUT2D eigenvalue weighted by atomic mass is 9.82. The lowest BCUT2D eigenvalue weighted by molar-refractivity contribution is -0.139. The molecule has 0 radical (unpaired) electrons. The van der Waals surface area contributed by atoms with Gasteiger partial charge in [0.15, 0.2) is 0 Å². The van der Waals surface area contributed by atoms with Crippen LogP contribution in [-0.4, -0.2) is 12.6 Å². The van der Waals surface area contributed by atoms with E-state index in [9.17, 15) is 10.1 Å². The van der Waals surface area contributed by atoms with E-state index in [0.717, 1.165) is 5.56 Å². The number of para-hydroxylation sites is 1. The number of nitrogens with zero attached hydrogens (tertiary/aromatic N) is 1. The Morgan fingerprint density at radius 2 is 1.86 bits per heavy atom. The first-order chi connectivity index (χ1) is 14.1. The predicted molar refractivity (Wildman–Crippen MR) is 107 cm³/mol. The van der Waals surface area contributed by atoms with E-state index in [0.29, 0.717) is 23.7 Å². The minimum Gasteiger partial charge on any atom is -0.489 e. The van der Waals surface area contributed by atoms with Crippen LogP contribution in [0.4, 0.5) is 0 Å². The average molecular weight is 390 g/mol. The quantitative estimate of drug-likeness (QED) is 0.752. The van der Waals surface area contributed by atoms with Crippen LogP contribution >= 0.6 is 0 Å². The van der Waals surface area contributed by atoms with Gasteiger partial charge in [-0.1, -0.05) is 48.5 Å². The van der Waals surface area contributed by atoms with Crippen molar-refractivity contribution in [3.05, 3.63) is 88.5 Å². The highest BCUT2D eigenvalue weighted by molar-refractivity contribution is 5.92. The predicted octanol–water partition coefficient (Wildman–Crippen LogP) is 3.91. The number of carbonyl (C=O) groups is 1. The van der Waals surface area contributed by atoms with Gasteiger partial charge in [0.05, 0.1) is 18.1 Å². The summed E-state index contributed by atoms with van der Waals surface area (Å²) in [6.45, 7) is 3.90. The molecule has 0 amide bonds. The second-order valence-corrected chi connectivity index (χ2v) is 6.43. The zero-order valence-corrected chi connectivity index (χ0v) is 16.3. The molecule has 0 saturated heterocycles. The summed E-state index contributed by atoms with van der Waals surface area (Å²) in [4.78, 5) is 12.7. The normalized spacial score (nSPS) is 16.1. The Bertz CT molecular complexity index is 1000. The minimum absolute atomic E-state index is 0.0269. The van der Waals surface area contributed by atoms with Crippen molar-refractivity contribution < 1.29 is 19.0 Å². The lowest BCUT2D eigenvalue weighted by Crippen LogP contribution is -2.26. The van der Waals surface area contributed by atoms with Gasteiger partial charge in [0, 0.05) is 5.56 Å². The maximum absolute atomic E-state index is 12.7. The molecule has 0 fully saturated rings. The number of carbonyl (C=O) groups excluding carboxylic acids is 1. The Balaban J connectivity index is 2.04. The number of esters is 1. The highest BCUT2D eigenvalue weighted by Gasteiger charge is 2.37. The fraction of sp³-hybridized carbons (Fsp3) is 0.217. The Labute approximate surface area is 169 Å². The molecule has 1 atom stereocenters. The number of ether oxygens (including phenoxy) is 3. The molecule has 6 nitrogen and oxygen atoms in total. The largest absolute Gasteiger partial charge is 0.489 e. The number of rotatable bonds is 6. The minimum atomic E-state index is -0.736. The molecule has 6 heteroatoms. The van der Waals surface area contributed by atoms with E-state index < -0.39 is 11.9 Å². The molecule has 0 aliphatic carbocycles. The topological polar surface area (TPSA) is 94.6 Å². The highest BCUT2D eigenvalue weighted by atomic mass is 16.5. The van der Waals surface area contributed by atoms with Crippen molar-refractivity contribution in [3.63, 3.8) is 0 Å². The number of nitrogens with two attached hydrogens (primary N) is 1. The van der Waals surface area contributed by atoms with Crippen molar-refractivity contribution in [1.29, 1.82) is 5.26 Å². The van der Waals surface area contributed by atoms with Crippen molar-refractivity contribution in [2.75, 3.05) is 6.61 Å². The van der Waals surface area contributed by atoms with Gasteiger partial charge in [-0.15, -0.1) is 0 Å². The van der Waals surface area contributed by atoms with Crippen LogP contribution in [0.15, 0.2) is 77.4 Å². The fourth-order valence-electron chi connectivity index (χ4n) is 3.25. The van der Waals surface area contributed by atoms with Gasteiger partial charge in [0.25, 0.3) is 0 Å². The van der Waals surface area contributed by atoms with Crippen molar-refractivity contribution >= 4 is 5.97 Å². The first kappa shape index (κ1) is 20.0. The molecule has 0 bridgehead atoms. The standard InChI is InChI=1S/C23H22N2O4/c1-3-27-23(26)20-15(2)29-22(25)18(13-24)21(20)17-11-7-8-12-19(17)28-14-16-9-5-4-6-10-16/h4-12,21H,3,14,25H2,1-2H3. The Morgan fingerprint density at radius 3 is 2.55 bits per heavy atom. The van der Waals surface area contributed by atoms with E-state index in [1.807, 2.05) is 48.5 Å². The van der Waals surface area contributed by atoms with Gasteiger partial charge in [0.2, 0.25) is 5.88 Å². The van der Waals surface area contributed by atoms with Gasteiger partial charge in [0.1, 0.15) is 29.8 Å². The van der Waals surface area contributed by atoms with Crippen LogP contribution in [-0.2, 0) is 20.9 Å². The number of hydrogen-bond acceptors (Lipinski definition) is 6. The van der Waals surface area contributed by atoms with E-state index in [1.165, 1.54) is 0 Å². The summed E-state index contributed by atoms with van der Waals surface area (Å²) in [7, 11) is 0. The van der Waals surface area contributed by atoms with Crippen LogP contribution in [0.5, 0.6) is 5.75 Å². The second kappa shape index (κ2) is 8.98. The van der Waals surface area contributed by atoms with Crippen molar-refractivity contribution in [2.24, 2.45) is 5.73 Å². The third-order valence-corrected chi connectivity index (χ3v) is 4.57. The lowest BCUT2D eigenvalue weighted by Gasteiger charge is -2.28. The Morgan fingerprint density at radius 1 is 1.17 bits per heavy atom. The van der Waals surface area contributed by atoms with Gasteiger partial charge in [-0.3, -0.25) is 0 Å². The molecule has 29 heavy (non-hydrogen) atoms. The monoisotopic (exact) mass is 390 g/mol. The van der Waals surface area contributed by atoms with Gasteiger partial charge < -0.3 is 19.9 Å². The molecular formula is C23H22N2O4. The SMILES string of the molecule is CCOC(=O)C1=C(C)OC(N)=C(C#N)C1c1ccccc1OCc1ccccc1. The number of nitriles is 1. The molecule has 2 aromatic carbocycles. The maximum atomic E-state index is 12.7. The first-order valence-corrected chi connectivity index (χ1v) is 9.27. The number of hydrogen-bond donors (Lipinski definition) is 1. The zero-order valence-electron chi connectivity index (χ0n) is 16.3. The molecule has 148 valence electrons. The molecule has 1 heterocycles. The van der Waals surface area contributed by atoms with Crippen molar-refractivity contribution in [1.82, 2.24) is 0 Å². The summed E-state index contributed by atoms with van der Waals surface area (Å²) < 4.78 is 16.7. The molecule has 2 N–H and O–H groups in total. The molecular weight excluding hydrogens is 368 g/mol. The molecule has 1 aliphatic rings. The fourth-order valence-corrected chi connectivity index (χ4v) is 3.25. The van der Waals surface area contributed by atoms with Gasteiger partial charge in [-0.25, -0.2) is 4.79 Å². The van der Waals surface area contributed by atoms with Crippen LogP contribution in [0.25, 0.3) is 0 Å². The van der Waals surface area contributed by atoms with Crippen LogP contribution < -0.4 is 10.5 Å². The summed E-state index contributed by atoms with van der Waals surface area (Å²) in [6.07, 6.45) is 0. The van der Waals surface area contributed by atoms with Gasteiger partial charge in [-0.2, -0.15) is 5.26 Å². The van der Waals surface area contributed by atoms with Crippen molar-refractivity contribution in [2.45, 2.75) is 26.4 Å². The van der Waals surface area contributed by atoms with Crippen molar-refractivity contribution in [3.8, 4) is 11.8 Å². The molecule has 0 aromatic heterocycles. The van der Waals surface area contributed by atoms with Crippen LogP contribution in [0.3, 0.4) is 0 Å². The van der Waals surface area contributed by atoms with E-state index >= 15 is 0 Å². The molecule has 1 aliphatic heterocycles. The summed E-state index contributed by atoms with van der Waals surface area (Å²) in [5.41, 5.74) is 8.01. The summed E-state index contributed by atoms with van der Waals surface area (Å²) in [5.74, 6) is -0.449. The Kier molecular flexibility index (Phi) is 6.20. The summed E-state index contributed by atoms with van der Waals surface area (Å²) >= 11 is 0. The average Bonchev–Trinajstić information content (AvgIpc) is 2.73. The summed E-state index contributed by atoms with van der Waals surface area (Å²) in [6, 6.07) is 19.1. The van der Waals surface area contributed by atoms with E-state index in [4.69, 9.17) is 19.9 Å². The molecule has 0 saturated carbocycles. The molecule has 0 spiro atoms. The summed E-state index contributed by atoms with van der Waals surface area (Å²) in [5, 5.41) is 9.72. The first-order valence-electron chi connectivity index (χ1n) is 9.27. The van der Waals surface area contributed by atoms with Gasteiger partial charge in [-0.05, 0) is 25.5 Å². The maximum Gasteiger partial charge on any atom is 0.338 e. The molecule has 2 aromatic rings. The van der Waals surface area contributed by atoms with E-state index in [-0.39, 0.29) is 23.6 Å². The van der Waals surface area contributed by atoms with E-state index in [2.05, 4.69) is 6.07 Å². The number of benzene rings is 2.